The average Bonchev–Trinajstić information content (AvgIpc) is 1.94. The third-order valence-electron chi connectivity index (χ3n) is 1.07. The first kappa shape index (κ1) is 8.87. The Morgan fingerprint density at radius 2 is 2.18 bits per heavy atom. The number of rotatable bonds is 1. The summed E-state index contributed by atoms with van der Waals surface area (Å²) in [6.07, 6.45) is -1.24. The van der Waals surface area contributed by atoms with E-state index in [2.05, 4.69) is 20.9 Å². The van der Waals surface area contributed by atoms with Crippen LogP contribution in [-0.2, 0) is 0 Å². The van der Waals surface area contributed by atoms with Crippen LogP contribution in [0.5, 0.6) is 0 Å². The molecule has 0 aromatic carbocycles. The van der Waals surface area contributed by atoms with E-state index < -0.39 is 6.43 Å². The molecule has 60 valence electrons. The van der Waals surface area contributed by atoms with E-state index in [-0.39, 0.29) is 15.2 Å². The molecule has 0 bridgehead atoms. The molecule has 1 aromatic rings. The van der Waals surface area contributed by atoms with Crippen molar-refractivity contribution in [2.24, 2.45) is 0 Å². The molecule has 1 aromatic heterocycles. The van der Waals surface area contributed by atoms with Gasteiger partial charge in [0, 0.05) is 6.20 Å². The van der Waals surface area contributed by atoms with Crippen molar-refractivity contribution in [1.82, 2.24) is 4.98 Å². The number of hydrogen-bond acceptors (Lipinski definition) is 1. The molecule has 0 radical (unpaired) electrons. The van der Waals surface area contributed by atoms with Gasteiger partial charge in [0.05, 0.1) is 10.6 Å². The van der Waals surface area contributed by atoms with Gasteiger partial charge in [-0.1, -0.05) is 11.6 Å². The summed E-state index contributed by atoms with van der Waals surface area (Å²) >= 11 is 8.33. The van der Waals surface area contributed by atoms with Crippen LogP contribution in [0, 0.1) is 0 Å². The van der Waals surface area contributed by atoms with Crippen LogP contribution in [0.2, 0.25) is 5.02 Å². The molecular formula is C6H3BrClF2N. The highest BCUT2D eigenvalue weighted by Gasteiger charge is 2.12. The first-order valence-electron chi connectivity index (χ1n) is 2.70. The van der Waals surface area contributed by atoms with Crippen LogP contribution in [0.25, 0.3) is 0 Å². The fourth-order valence-electron chi connectivity index (χ4n) is 0.591. The molecule has 0 amide bonds. The van der Waals surface area contributed by atoms with Gasteiger partial charge in [0.15, 0.2) is 0 Å². The molecule has 0 atom stereocenters. The molecule has 0 N–H and O–H groups in total. The molecule has 5 heteroatoms. The fourth-order valence-corrected chi connectivity index (χ4v) is 1.15. The molecule has 0 saturated carbocycles. The third-order valence-corrected chi connectivity index (χ3v) is 1.94. The second-order valence-corrected chi connectivity index (χ2v) is 3.02. The van der Waals surface area contributed by atoms with Crippen LogP contribution < -0.4 is 0 Å². The molecule has 1 heterocycles. The van der Waals surface area contributed by atoms with Gasteiger partial charge in [-0.2, -0.15) is 0 Å². The number of halogens is 4. The Kier molecular flexibility index (Phi) is 2.78. The number of pyridine rings is 1. The standard InChI is InChI=1S/C6H3BrClF2N/c7-5-4(6(9)10)1-3(8)2-11-5/h1-2,6H. The normalized spacial score (nSPS) is 10.6. The van der Waals surface area contributed by atoms with Gasteiger partial charge in [-0.05, 0) is 22.0 Å². The van der Waals surface area contributed by atoms with Crippen molar-refractivity contribution in [2.45, 2.75) is 6.43 Å². The number of alkyl halides is 2. The first-order valence-corrected chi connectivity index (χ1v) is 3.87. The zero-order valence-electron chi connectivity index (χ0n) is 5.19. The molecule has 1 nitrogen and oxygen atoms in total. The summed E-state index contributed by atoms with van der Waals surface area (Å²) in [7, 11) is 0. The third kappa shape index (κ3) is 2.10. The van der Waals surface area contributed by atoms with Crippen molar-refractivity contribution in [3.8, 4) is 0 Å². The monoisotopic (exact) mass is 241 g/mol. The van der Waals surface area contributed by atoms with E-state index >= 15 is 0 Å². The smallest absolute Gasteiger partial charge is 0.247 e. The lowest BCUT2D eigenvalue weighted by atomic mass is 10.3. The lowest BCUT2D eigenvalue weighted by Gasteiger charge is -2.01. The summed E-state index contributed by atoms with van der Waals surface area (Å²) in [5.41, 5.74) is -0.183. The van der Waals surface area contributed by atoms with E-state index in [0.717, 1.165) is 0 Å². The van der Waals surface area contributed by atoms with E-state index in [1.165, 1.54) is 12.3 Å². The van der Waals surface area contributed by atoms with Crippen molar-refractivity contribution < 1.29 is 8.78 Å². The first-order chi connectivity index (χ1) is 5.11. The summed E-state index contributed by atoms with van der Waals surface area (Å²) in [5.74, 6) is 0. The quantitative estimate of drug-likeness (QED) is 0.688. The average molecular weight is 242 g/mol. The summed E-state index contributed by atoms with van der Waals surface area (Å²) < 4.78 is 24.3. The Hall–Kier alpha value is -0.220. The zero-order valence-corrected chi connectivity index (χ0v) is 7.53. The fraction of sp³-hybridized carbons (Fsp3) is 0.167. The van der Waals surface area contributed by atoms with Gasteiger partial charge in [0.2, 0.25) is 0 Å². The summed E-state index contributed by atoms with van der Waals surface area (Å²) in [4.78, 5) is 3.60. The van der Waals surface area contributed by atoms with Gasteiger partial charge in [-0.25, -0.2) is 13.8 Å². The van der Waals surface area contributed by atoms with E-state index in [1.54, 1.807) is 0 Å². The van der Waals surface area contributed by atoms with E-state index in [0.29, 0.717) is 0 Å². The van der Waals surface area contributed by atoms with E-state index in [9.17, 15) is 8.78 Å². The van der Waals surface area contributed by atoms with Crippen LogP contribution in [0.15, 0.2) is 16.9 Å². The van der Waals surface area contributed by atoms with Gasteiger partial charge in [0.25, 0.3) is 6.43 Å². The topological polar surface area (TPSA) is 12.9 Å². The molecule has 0 aliphatic heterocycles. The Balaban J connectivity index is 3.13. The van der Waals surface area contributed by atoms with Crippen LogP contribution in [0.1, 0.15) is 12.0 Å². The molecule has 0 fully saturated rings. The van der Waals surface area contributed by atoms with Crippen LogP contribution in [0.3, 0.4) is 0 Å². The number of hydrogen-bond donors (Lipinski definition) is 0. The Morgan fingerprint density at radius 1 is 1.55 bits per heavy atom. The van der Waals surface area contributed by atoms with Gasteiger partial charge >= 0.3 is 0 Å². The van der Waals surface area contributed by atoms with Crippen LogP contribution in [0.4, 0.5) is 8.78 Å². The molecule has 1 rings (SSSR count). The Bertz CT molecular complexity index is 267. The van der Waals surface area contributed by atoms with Gasteiger partial charge in [-0.15, -0.1) is 0 Å². The summed E-state index contributed by atoms with van der Waals surface area (Å²) in [6.45, 7) is 0. The van der Waals surface area contributed by atoms with Crippen molar-refractivity contribution in [3.63, 3.8) is 0 Å². The Labute approximate surface area is 75.5 Å². The van der Waals surface area contributed by atoms with Crippen molar-refractivity contribution >= 4 is 27.5 Å². The van der Waals surface area contributed by atoms with Crippen LogP contribution in [-0.4, -0.2) is 4.98 Å². The molecule has 0 unspecified atom stereocenters. The second kappa shape index (κ2) is 3.45. The van der Waals surface area contributed by atoms with Crippen molar-refractivity contribution in [1.29, 1.82) is 0 Å². The molecule has 0 saturated heterocycles. The van der Waals surface area contributed by atoms with E-state index in [1.807, 2.05) is 0 Å². The maximum absolute atomic E-state index is 12.1. The lowest BCUT2D eigenvalue weighted by Crippen LogP contribution is -1.88. The van der Waals surface area contributed by atoms with Gasteiger partial charge in [-0.3, -0.25) is 0 Å². The molecule has 0 aliphatic rings. The van der Waals surface area contributed by atoms with Gasteiger partial charge < -0.3 is 0 Å². The highest BCUT2D eigenvalue weighted by atomic mass is 79.9. The maximum atomic E-state index is 12.1. The van der Waals surface area contributed by atoms with Crippen molar-refractivity contribution in [2.75, 3.05) is 0 Å². The number of nitrogens with zero attached hydrogens (tertiary/aromatic N) is 1. The SMILES string of the molecule is FC(F)c1cc(Cl)cnc1Br. The lowest BCUT2D eigenvalue weighted by molar-refractivity contribution is 0.150. The summed E-state index contributed by atoms with van der Waals surface area (Å²) in [5, 5.41) is 0.212. The molecule has 0 aliphatic carbocycles. The predicted octanol–water partition coefficient (Wildman–Crippen LogP) is 3.44. The highest BCUT2D eigenvalue weighted by molar-refractivity contribution is 9.10. The minimum Gasteiger partial charge on any atom is -0.247 e. The minimum absolute atomic E-state index is 0.136. The van der Waals surface area contributed by atoms with E-state index in [4.69, 9.17) is 11.6 Å². The number of aromatic nitrogens is 1. The molecular weight excluding hydrogens is 239 g/mol. The minimum atomic E-state index is -2.55. The molecule has 0 spiro atoms. The zero-order chi connectivity index (χ0) is 8.43. The highest BCUT2D eigenvalue weighted by Crippen LogP contribution is 2.27. The molecule has 11 heavy (non-hydrogen) atoms. The van der Waals surface area contributed by atoms with Crippen molar-refractivity contribution in [3.05, 3.63) is 27.5 Å². The van der Waals surface area contributed by atoms with Gasteiger partial charge in [0.1, 0.15) is 4.60 Å². The predicted molar refractivity (Wildman–Crippen MR) is 41.9 cm³/mol. The largest absolute Gasteiger partial charge is 0.266 e. The second-order valence-electron chi connectivity index (χ2n) is 1.83. The Morgan fingerprint density at radius 3 is 2.64 bits per heavy atom. The van der Waals surface area contributed by atoms with Crippen LogP contribution >= 0.6 is 27.5 Å². The summed E-state index contributed by atoms with van der Waals surface area (Å²) in [6, 6.07) is 1.18. The maximum Gasteiger partial charge on any atom is 0.266 e.